The highest BCUT2D eigenvalue weighted by molar-refractivity contribution is 5.48. The fraction of sp³-hybridized carbons (Fsp3) is 0.769. The van der Waals surface area contributed by atoms with E-state index >= 15 is 0 Å². The predicted molar refractivity (Wildman–Crippen MR) is 122 cm³/mol. The zero-order valence-corrected chi connectivity index (χ0v) is 18.8. The molecule has 4 rings (SSSR count). The number of phenols is 1. The standard InChI is InChI=1S/C24H36O.C2H6.H2O2/c25-24-22(19-12-6-2-7-13-19)16-21(18-10-4-1-5-11-18)17-23(24)20-14-8-3-9-15-20;2*1-2/h16-20,25H,1-15H2;1-2H3;1-2H. The van der Waals surface area contributed by atoms with Crippen LogP contribution in [0.2, 0.25) is 0 Å². The van der Waals surface area contributed by atoms with E-state index in [0.717, 1.165) is 5.92 Å². The molecule has 0 aliphatic heterocycles. The Bertz CT molecular complexity index is 526. The maximum absolute atomic E-state index is 11.2. The van der Waals surface area contributed by atoms with E-state index in [-0.39, 0.29) is 0 Å². The Morgan fingerprint density at radius 3 is 1.21 bits per heavy atom. The third-order valence-electron chi connectivity index (χ3n) is 7.36. The third kappa shape index (κ3) is 6.46. The van der Waals surface area contributed by atoms with Crippen LogP contribution in [-0.2, 0) is 0 Å². The zero-order valence-electron chi connectivity index (χ0n) is 18.8. The van der Waals surface area contributed by atoms with Gasteiger partial charge in [-0.05, 0) is 73.0 Å². The van der Waals surface area contributed by atoms with E-state index in [1.165, 1.54) is 107 Å². The Balaban J connectivity index is 0.000000707. The van der Waals surface area contributed by atoms with Gasteiger partial charge in [-0.2, -0.15) is 0 Å². The second-order valence-corrected chi connectivity index (χ2v) is 9.05. The highest BCUT2D eigenvalue weighted by Gasteiger charge is 2.27. The van der Waals surface area contributed by atoms with Crippen molar-refractivity contribution in [3.63, 3.8) is 0 Å². The number of benzene rings is 1. The Morgan fingerprint density at radius 1 is 0.552 bits per heavy atom. The molecule has 0 heterocycles. The van der Waals surface area contributed by atoms with Gasteiger partial charge in [0.25, 0.3) is 0 Å². The molecule has 3 N–H and O–H groups in total. The van der Waals surface area contributed by atoms with Crippen LogP contribution in [0.3, 0.4) is 0 Å². The summed E-state index contributed by atoms with van der Waals surface area (Å²) in [5.74, 6) is 2.66. The molecule has 1 aromatic carbocycles. The quantitative estimate of drug-likeness (QED) is 0.349. The average molecular weight is 405 g/mol. The minimum absolute atomic E-state index is 0.611. The molecule has 3 aliphatic carbocycles. The van der Waals surface area contributed by atoms with Crippen LogP contribution in [0.25, 0.3) is 0 Å². The van der Waals surface area contributed by atoms with Gasteiger partial charge in [0.05, 0.1) is 0 Å². The number of hydrogen-bond donors (Lipinski definition) is 3. The molecule has 3 saturated carbocycles. The number of aromatic hydroxyl groups is 1. The molecule has 3 aliphatic rings. The van der Waals surface area contributed by atoms with Gasteiger partial charge in [0.1, 0.15) is 5.75 Å². The molecule has 0 saturated heterocycles. The largest absolute Gasteiger partial charge is 0.507 e. The molecule has 1 aromatic rings. The SMILES string of the molecule is CC.OO.Oc1c(C2CCCCC2)cc(C2CCCCC2)cc1C1CCCCC1. The van der Waals surface area contributed by atoms with Crippen molar-refractivity contribution >= 4 is 0 Å². The fourth-order valence-corrected chi connectivity index (χ4v) is 5.83. The number of phenolic OH excluding ortho intramolecular Hbond substituents is 1. The van der Waals surface area contributed by atoms with Crippen LogP contribution < -0.4 is 0 Å². The van der Waals surface area contributed by atoms with Gasteiger partial charge in [-0.25, -0.2) is 0 Å². The van der Waals surface area contributed by atoms with Crippen molar-refractivity contribution in [2.24, 2.45) is 0 Å². The Morgan fingerprint density at radius 2 is 0.862 bits per heavy atom. The smallest absolute Gasteiger partial charge is 0.122 e. The first-order valence-electron chi connectivity index (χ1n) is 12.4. The van der Waals surface area contributed by atoms with Crippen LogP contribution in [0.1, 0.15) is 145 Å². The van der Waals surface area contributed by atoms with E-state index in [1.54, 1.807) is 5.56 Å². The van der Waals surface area contributed by atoms with E-state index in [0.29, 0.717) is 17.6 Å². The Kier molecular flexibility index (Phi) is 11.1. The number of rotatable bonds is 3. The van der Waals surface area contributed by atoms with Crippen molar-refractivity contribution in [2.75, 3.05) is 0 Å². The molecule has 29 heavy (non-hydrogen) atoms. The maximum atomic E-state index is 11.2. The first-order valence-corrected chi connectivity index (χ1v) is 12.4. The summed E-state index contributed by atoms with van der Waals surface area (Å²) in [5.41, 5.74) is 4.21. The first kappa shape index (κ1) is 24.2. The minimum atomic E-state index is 0.611. The van der Waals surface area contributed by atoms with Crippen molar-refractivity contribution in [2.45, 2.75) is 128 Å². The molecule has 0 atom stereocenters. The van der Waals surface area contributed by atoms with E-state index in [2.05, 4.69) is 12.1 Å². The molecule has 3 heteroatoms. The van der Waals surface area contributed by atoms with Gasteiger partial charge in [0.2, 0.25) is 0 Å². The molecular formula is C26H44O3. The Labute approximate surface area is 178 Å². The lowest BCUT2D eigenvalue weighted by Gasteiger charge is -2.30. The minimum Gasteiger partial charge on any atom is -0.507 e. The van der Waals surface area contributed by atoms with Crippen LogP contribution in [0, 0.1) is 0 Å². The van der Waals surface area contributed by atoms with E-state index in [9.17, 15) is 5.11 Å². The highest BCUT2D eigenvalue weighted by atomic mass is 17.0. The van der Waals surface area contributed by atoms with Crippen LogP contribution >= 0.6 is 0 Å². The summed E-state index contributed by atoms with van der Waals surface area (Å²) in [6.07, 6.45) is 20.2. The highest BCUT2D eigenvalue weighted by Crippen LogP contribution is 2.46. The average Bonchev–Trinajstić information content (AvgIpc) is 2.83. The van der Waals surface area contributed by atoms with Crippen molar-refractivity contribution < 1.29 is 15.6 Å². The second-order valence-electron chi connectivity index (χ2n) is 9.05. The van der Waals surface area contributed by atoms with Gasteiger partial charge in [0, 0.05) is 0 Å². The molecule has 0 spiro atoms. The molecule has 0 unspecified atom stereocenters. The molecule has 0 radical (unpaired) electrons. The summed E-state index contributed by atoms with van der Waals surface area (Å²) in [5, 5.41) is 23.2. The summed E-state index contributed by atoms with van der Waals surface area (Å²) >= 11 is 0. The van der Waals surface area contributed by atoms with Crippen molar-refractivity contribution in [3.8, 4) is 5.75 Å². The van der Waals surface area contributed by atoms with Gasteiger partial charge in [0.15, 0.2) is 0 Å². The topological polar surface area (TPSA) is 60.7 Å². The summed E-state index contributed by atoms with van der Waals surface area (Å²) in [6.45, 7) is 4.00. The van der Waals surface area contributed by atoms with Crippen LogP contribution in [0.15, 0.2) is 12.1 Å². The summed E-state index contributed by atoms with van der Waals surface area (Å²) in [7, 11) is 0. The summed E-state index contributed by atoms with van der Waals surface area (Å²) in [6, 6.07) is 4.88. The van der Waals surface area contributed by atoms with Gasteiger partial charge in [-0.1, -0.05) is 83.8 Å². The molecule has 3 fully saturated rings. The molecule has 3 nitrogen and oxygen atoms in total. The lowest BCUT2D eigenvalue weighted by Crippen LogP contribution is -2.12. The van der Waals surface area contributed by atoms with Crippen molar-refractivity contribution in [1.29, 1.82) is 0 Å². The lowest BCUT2D eigenvalue weighted by molar-refractivity contribution is -0.176. The van der Waals surface area contributed by atoms with Crippen LogP contribution in [0.5, 0.6) is 5.75 Å². The second kappa shape index (κ2) is 13.3. The van der Waals surface area contributed by atoms with Gasteiger partial charge >= 0.3 is 0 Å². The third-order valence-corrected chi connectivity index (χ3v) is 7.36. The molecule has 0 bridgehead atoms. The summed E-state index contributed by atoms with van der Waals surface area (Å²) < 4.78 is 0. The van der Waals surface area contributed by atoms with E-state index in [4.69, 9.17) is 10.5 Å². The maximum Gasteiger partial charge on any atom is 0.122 e. The van der Waals surface area contributed by atoms with Gasteiger partial charge in [-0.15, -0.1) is 0 Å². The monoisotopic (exact) mass is 404 g/mol. The van der Waals surface area contributed by atoms with Gasteiger partial charge < -0.3 is 5.11 Å². The first-order chi connectivity index (χ1) is 14.3. The lowest BCUT2D eigenvalue weighted by atomic mass is 9.75. The predicted octanol–water partition coefficient (Wildman–Crippen LogP) is 8.58. The number of hydrogen-bond acceptors (Lipinski definition) is 3. The summed E-state index contributed by atoms with van der Waals surface area (Å²) in [4.78, 5) is 0. The van der Waals surface area contributed by atoms with Crippen LogP contribution in [0.4, 0.5) is 0 Å². The molecular weight excluding hydrogens is 360 g/mol. The normalized spacial score (nSPS) is 21.5. The molecule has 0 aromatic heterocycles. The molecule has 0 amide bonds. The van der Waals surface area contributed by atoms with E-state index in [1.807, 2.05) is 13.8 Å². The van der Waals surface area contributed by atoms with Crippen molar-refractivity contribution in [1.82, 2.24) is 0 Å². The zero-order chi connectivity index (χ0) is 21.1. The fourth-order valence-electron chi connectivity index (χ4n) is 5.83. The molecule has 166 valence electrons. The Hall–Kier alpha value is -1.06. The van der Waals surface area contributed by atoms with Crippen molar-refractivity contribution in [3.05, 3.63) is 28.8 Å². The van der Waals surface area contributed by atoms with Crippen LogP contribution in [-0.4, -0.2) is 15.6 Å². The van der Waals surface area contributed by atoms with Gasteiger partial charge in [-0.3, -0.25) is 10.5 Å². The van der Waals surface area contributed by atoms with E-state index < -0.39 is 0 Å².